The number of nitrogens with one attached hydrogen (secondary N) is 2. The highest BCUT2D eigenvalue weighted by molar-refractivity contribution is 5.94. The molecule has 5 aromatic rings. The number of H-pyrrole nitrogens is 1. The number of benzene rings is 1. The summed E-state index contributed by atoms with van der Waals surface area (Å²) in [6.45, 7) is 4.00. The van der Waals surface area contributed by atoms with E-state index in [0.717, 1.165) is 65.5 Å². The van der Waals surface area contributed by atoms with E-state index in [9.17, 15) is 5.11 Å². The van der Waals surface area contributed by atoms with Gasteiger partial charge < -0.3 is 15.4 Å². The van der Waals surface area contributed by atoms with Crippen LogP contribution >= 0.6 is 0 Å². The second-order valence-electron chi connectivity index (χ2n) is 9.15. The van der Waals surface area contributed by atoms with E-state index in [1.807, 2.05) is 55.1 Å². The van der Waals surface area contributed by atoms with Crippen molar-refractivity contribution in [3.8, 4) is 39.7 Å². The number of aryl methyl sites for hydroxylation is 2. The number of piperidine rings is 1. The van der Waals surface area contributed by atoms with Crippen LogP contribution < -0.4 is 5.32 Å². The molecule has 5 heterocycles. The van der Waals surface area contributed by atoms with Crippen LogP contribution in [-0.4, -0.2) is 47.9 Å². The van der Waals surface area contributed by atoms with E-state index in [-0.39, 0.29) is 5.75 Å². The molecule has 1 aromatic carbocycles. The Morgan fingerprint density at radius 3 is 2.71 bits per heavy atom. The number of aromatic nitrogens is 6. The van der Waals surface area contributed by atoms with E-state index in [4.69, 9.17) is 5.10 Å². The Morgan fingerprint density at radius 1 is 1.03 bits per heavy atom. The molecule has 8 nitrogen and oxygen atoms in total. The van der Waals surface area contributed by atoms with Gasteiger partial charge in [-0.2, -0.15) is 5.10 Å². The third-order valence-electron chi connectivity index (χ3n) is 6.85. The van der Waals surface area contributed by atoms with Crippen LogP contribution in [0.5, 0.6) is 5.75 Å². The van der Waals surface area contributed by atoms with Gasteiger partial charge in [-0.25, -0.2) is 4.98 Å². The molecule has 4 aromatic heterocycles. The van der Waals surface area contributed by atoms with Crippen molar-refractivity contribution in [2.24, 2.45) is 7.05 Å². The number of hydrogen-bond donors (Lipinski definition) is 3. The van der Waals surface area contributed by atoms with Crippen LogP contribution in [0.4, 0.5) is 0 Å². The topological polar surface area (TPSA) is 105 Å². The first-order valence-electron chi connectivity index (χ1n) is 11.9. The molecule has 0 bridgehead atoms. The third kappa shape index (κ3) is 3.85. The lowest BCUT2D eigenvalue weighted by atomic mass is 9.94. The Hall–Kier alpha value is -4.04. The number of fused-ring (bicyclic) bond motifs is 1. The van der Waals surface area contributed by atoms with Gasteiger partial charge in [-0.1, -0.05) is 12.1 Å². The average molecular weight is 466 g/mol. The maximum atomic E-state index is 11.3. The predicted octanol–water partition coefficient (Wildman–Crippen LogP) is 4.57. The lowest BCUT2D eigenvalue weighted by molar-refractivity contribution is 0.440. The van der Waals surface area contributed by atoms with Crippen molar-refractivity contribution in [1.82, 2.24) is 35.0 Å². The maximum absolute atomic E-state index is 11.3. The molecule has 0 amide bonds. The van der Waals surface area contributed by atoms with Crippen LogP contribution in [0.3, 0.4) is 0 Å². The Kier molecular flexibility index (Phi) is 5.30. The van der Waals surface area contributed by atoms with Crippen molar-refractivity contribution < 1.29 is 5.11 Å². The number of pyridine rings is 2. The number of imidazole rings is 1. The molecule has 0 atom stereocenters. The minimum Gasteiger partial charge on any atom is -0.506 e. The van der Waals surface area contributed by atoms with Gasteiger partial charge >= 0.3 is 0 Å². The molecule has 0 saturated carbocycles. The van der Waals surface area contributed by atoms with Crippen molar-refractivity contribution in [2.45, 2.75) is 25.7 Å². The summed E-state index contributed by atoms with van der Waals surface area (Å²) < 4.78 is 1.94. The monoisotopic (exact) mass is 465 g/mol. The third-order valence-corrected chi connectivity index (χ3v) is 6.85. The summed E-state index contributed by atoms with van der Waals surface area (Å²) in [6, 6.07) is 13.8. The number of aromatic hydroxyl groups is 1. The van der Waals surface area contributed by atoms with Gasteiger partial charge in [0.05, 0.1) is 40.2 Å². The minimum absolute atomic E-state index is 0.178. The normalized spacial score (nSPS) is 14.6. The lowest BCUT2D eigenvalue weighted by Crippen LogP contribution is -2.27. The van der Waals surface area contributed by atoms with Crippen LogP contribution in [0.15, 0.2) is 55.0 Å². The zero-order chi connectivity index (χ0) is 23.9. The molecule has 1 aliphatic heterocycles. The van der Waals surface area contributed by atoms with Crippen molar-refractivity contribution >= 4 is 10.9 Å². The van der Waals surface area contributed by atoms with Gasteiger partial charge in [0.2, 0.25) is 0 Å². The molecule has 1 fully saturated rings. The summed E-state index contributed by atoms with van der Waals surface area (Å²) in [7, 11) is 1.98. The standard InChI is InChI=1S/C27H27N7O/c1-16-4-3-5-22(32-16)26-25(30-15-31-26)18-6-7-21-19(12-18)27(35)20(14-29-21)23-13-24(34(2)33-23)17-8-10-28-11-9-17/h3-7,12-15,17,28H,8-11H2,1-2H3,(H,29,35)(H,30,31). The SMILES string of the molecule is Cc1cccc(-c2[nH]cnc2-c2ccc3ncc(-c4cc(C5CCNCC5)n(C)n4)c(O)c3c2)n1. The molecule has 176 valence electrons. The van der Waals surface area contributed by atoms with Crippen LogP contribution in [0.2, 0.25) is 0 Å². The largest absolute Gasteiger partial charge is 0.506 e. The summed E-state index contributed by atoms with van der Waals surface area (Å²) in [6.07, 6.45) is 5.56. The van der Waals surface area contributed by atoms with Gasteiger partial charge in [-0.05, 0) is 63.2 Å². The summed E-state index contributed by atoms with van der Waals surface area (Å²) in [4.78, 5) is 17.0. The Labute approximate surface area is 203 Å². The van der Waals surface area contributed by atoms with E-state index in [1.54, 1.807) is 12.5 Å². The number of rotatable bonds is 4. The molecule has 0 radical (unpaired) electrons. The molecule has 1 aliphatic rings. The van der Waals surface area contributed by atoms with Gasteiger partial charge in [0.25, 0.3) is 0 Å². The van der Waals surface area contributed by atoms with Crippen molar-refractivity contribution in [1.29, 1.82) is 0 Å². The number of nitrogens with zero attached hydrogens (tertiary/aromatic N) is 5. The van der Waals surface area contributed by atoms with Crippen LogP contribution in [0.1, 0.15) is 30.1 Å². The van der Waals surface area contributed by atoms with E-state index >= 15 is 0 Å². The first-order valence-corrected chi connectivity index (χ1v) is 11.9. The van der Waals surface area contributed by atoms with Crippen LogP contribution in [0, 0.1) is 6.92 Å². The van der Waals surface area contributed by atoms with Gasteiger partial charge in [0.1, 0.15) is 5.75 Å². The average Bonchev–Trinajstić information content (AvgIpc) is 3.52. The Morgan fingerprint density at radius 2 is 1.89 bits per heavy atom. The second-order valence-corrected chi connectivity index (χ2v) is 9.15. The molecular weight excluding hydrogens is 438 g/mol. The number of hydrogen-bond acceptors (Lipinski definition) is 6. The summed E-state index contributed by atoms with van der Waals surface area (Å²) in [5, 5.41) is 20.1. The van der Waals surface area contributed by atoms with Gasteiger partial charge in [-0.3, -0.25) is 14.6 Å². The van der Waals surface area contributed by atoms with Crippen molar-refractivity contribution in [3.05, 3.63) is 66.4 Å². The molecule has 3 N–H and O–H groups in total. The number of aromatic amines is 1. The molecule has 6 rings (SSSR count). The summed E-state index contributed by atoms with van der Waals surface area (Å²) in [5.41, 5.74) is 7.55. The summed E-state index contributed by atoms with van der Waals surface area (Å²) in [5.74, 6) is 0.649. The molecule has 35 heavy (non-hydrogen) atoms. The fourth-order valence-corrected chi connectivity index (χ4v) is 5.02. The van der Waals surface area contributed by atoms with E-state index in [1.165, 1.54) is 5.69 Å². The Balaban J connectivity index is 1.42. The molecular formula is C27H27N7O. The molecule has 0 spiro atoms. The highest BCUT2D eigenvalue weighted by atomic mass is 16.3. The van der Waals surface area contributed by atoms with E-state index < -0.39 is 0 Å². The summed E-state index contributed by atoms with van der Waals surface area (Å²) >= 11 is 0. The van der Waals surface area contributed by atoms with Gasteiger partial charge in [0, 0.05) is 41.5 Å². The maximum Gasteiger partial charge on any atom is 0.136 e. The molecule has 1 saturated heterocycles. The van der Waals surface area contributed by atoms with Crippen molar-refractivity contribution in [2.75, 3.05) is 13.1 Å². The fraction of sp³-hybridized carbons (Fsp3) is 0.259. The molecule has 0 unspecified atom stereocenters. The zero-order valence-electron chi connectivity index (χ0n) is 19.8. The zero-order valence-corrected chi connectivity index (χ0v) is 19.8. The predicted molar refractivity (Wildman–Crippen MR) is 136 cm³/mol. The minimum atomic E-state index is 0.178. The molecule has 8 heteroatoms. The van der Waals surface area contributed by atoms with Crippen molar-refractivity contribution in [3.63, 3.8) is 0 Å². The second kappa shape index (κ2) is 8.63. The highest BCUT2D eigenvalue weighted by Crippen LogP contribution is 2.38. The lowest BCUT2D eigenvalue weighted by Gasteiger charge is -2.22. The van der Waals surface area contributed by atoms with E-state index in [0.29, 0.717) is 16.9 Å². The molecule has 0 aliphatic carbocycles. The first kappa shape index (κ1) is 21.5. The smallest absolute Gasteiger partial charge is 0.136 e. The first-order chi connectivity index (χ1) is 17.1. The quantitative estimate of drug-likeness (QED) is 0.359. The van der Waals surface area contributed by atoms with Crippen LogP contribution in [-0.2, 0) is 7.05 Å². The fourth-order valence-electron chi connectivity index (χ4n) is 5.02. The van der Waals surface area contributed by atoms with Gasteiger partial charge in [0.15, 0.2) is 0 Å². The van der Waals surface area contributed by atoms with Crippen LogP contribution in [0.25, 0.3) is 44.8 Å². The highest BCUT2D eigenvalue weighted by Gasteiger charge is 2.22. The van der Waals surface area contributed by atoms with E-state index in [2.05, 4.69) is 31.3 Å². The Bertz CT molecular complexity index is 1530. The van der Waals surface area contributed by atoms with Gasteiger partial charge in [-0.15, -0.1) is 0 Å².